The van der Waals surface area contributed by atoms with Crippen molar-refractivity contribution in [2.24, 2.45) is 0 Å². The average molecular weight is 513 g/mol. The quantitative estimate of drug-likeness (QED) is 0.573. The van der Waals surface area contributed by atoms with Crippen LogP contribution in [0.15, 0.2) is 23.1 Å². The van der Waals surface area contributed by atoms with Crippen molar-refractivity contribution in [3.8, 4) is 0 Å². The number of nitrogens with one attached hydrogen (secondary N) is 1. The first-order valence-corrected chi connectivity index (χ1v) is 11.7. The molecular weight excluding hydrogens is 490 g/mol. The Morgan fingerprint density at radius 2 is 1.79 bits per heavy atom. The molecule has 1 atom stereocenters. The number of fused-ring (bicyclic) bond motifs is 1. The summed E-state index contributed by atoms with van der Waals surface area (Å²) in [6.07, 6.45) is 3.05. The summed E-state index contributed by atoms with van der Waals surface area (Å²) in [6, 6.07) is 1.94. The number of hydrogen-bond donors (Lipinski definition) is 2. The zero-order valence-corrected chi connectivity index (χ0v) is 19.8. The van der Waals surface area contributed by atoms with E-state index in [9.17, 15) is 24.3 Å². The molecule has 2 aromatic rings. The van der Waals surface area contributed by atoms with Crippen molar-refractivity contribution in [2.45, 2.75) is 36.7 Å². The highest BCUT2D eigenvalue weighted by Crippen LogP contribution is 2.38. The maximum atomic E-state index is 15.1. The Kier molecular flexibility index (Phi) is 6.73. The summed E-state index contributed by atoms with van der Waals surface area (Å²) in [5, 5.41) is 11.9. The van der Waals surface area contributed by atoms with Crippen molar-refractivity contribution in [3.63, 3.8) is 0 Å². The second-order valence-corrected chi connectivity index (χ2v) is 9.58. The SMILES string of the molecule is C[C@@H](NC(=O)C(Cl)Cl)C(=O)N1CCN(c2cc3c(cc2F)c(=O)c(C(=O)O)cn3C2CC2)CC1. The van der Waals surface area contributed by atoms with Crippen LogP contribution in [0.2, 0.25) is 0 Å². The maximum Gasteiger partial charge on any atom is 0.341 e. The molecule has 2 fully saturated rings. The van der Waals surface area contributed by atoms with E-state index in [1.165, 1.54) is 13.1 Å². The molecule has 2 amide bonds. The first-order valence-electron chi connectivity index (χ1n) is 10.8. The van der Waals surface area contributed by atoms with Crippen LogP contribution in [0.4, 0.5) is 10.1 Å². The number of carboxylic acids is 1. The van der Waals surface area contributed by atoms with Gasteiger partial charge in [-0.05, 0) is 31.9 Å². The molecule has 0 radical (unpaired) electrons. The summed E-state index contributed by atoms with van der Waals surface area (Å²) < 4.78 is 16.8. The van der Waals surface area contributed by atoms with E-state index in [0.29, 0.717) is 31.7 Å². The van der Waals surface area contributed by atoms with Gasteiger partial charge in [-0.3, -0.25) is 14.4 Å². The number of aromatic nitrogens is 1. The topological polar surface area (TPSA) is 112 Å². The molecule has 0 unspecified atom stereocenters. The highest BCUT2D eigenvalue weighted by molar-refractivity contribution is 6.53. The number of pyridine rings is 1. The molecule has 2 heterocycles. The van der Waals surface area contributed by atoms with Crippen LogP contribution in [0.5, 0.6) is 0 Å². The van der Waals surface area contributed by atoms with Gasteiger partial charge in [-0.2, -0.15) is 0 Å². The number of rotatable bonds is 6. The monoisotopic (exact) mass is 512 g/mol. The average Bonchev–Trinajstić information content (AvgIpc) is 3.64. The third-order valence-electron chi connectivity index (χ3n) is 6.13. The summed E-state index contributed by atoms with van der Waals surface area (Å²) in [6.45, 7) is 2.81. The summed E-state index contributed by atoms with van der Waals surface area (Å²) in [4.78, 5) is 50.5. The van der Waals surface area contributed by atoms with E-state index in [-0.39, 0.29) is 28.6 Å². The smallest absolute Gasteiger partial charge is 0.341 e. The molecule has 1 aromatic carbocycles. The number of nitrogens with zero attached hydrogens (tertiary/aromatic N) is 3. The van der Waals surface area contributed by atoms with Crippen LogP contribution in [0.1, 0.15) is 36.2 Å². The highest BCUT2D eigenvalue weighted by Gasteiger charge is 2.30. The molecule has 34 heavy (non-hydrogen) atoms. The number of piperazine rings is 1. The van der Waals surface area contributed by atoms with Gasteiger partial charge in [-0.1, -0.05) is 23.2 Å². The number of aromatic carboxylic acids is 1. The second-order valence-electron chi connectivity index (χ2n) is 8.48. The van der Waals surface area contributed by atoms with Crippen LogP contribution in [-0.2, 0) is 9.59 Å². The normalized spacial score (nSPS) is 17.2. The van der Waals surface area contributed by atoms with Crippen LogP contribution < -0.4 is 15.6 Å². The number of benzene rings is 1. The Morgan fingerprint density at radius 3 is 2.35 bits per heavy atom. The molecule has 1 aliphatic carbocycles. The van der Waals surface area contributed by atoms with E-state index < -0.39 is 34.0 Å². The largest absolute Gasteiger partial charge is 0.477 e. The van der Waals surface area contributed by atoms with Crippen LogP contribution in [0, 0.1) is 5.82 Å². The molecule has 182 valence electrons. The Bertz CT molecular complexity index is 1220. The van der Waals surface area contributed by atoms with Crippen LogP contribution >= 0.6 is 23.2 Å². The van der Waals surface area contributed by atoms with Gasteiger partial charge < -0.3 is 24.8 Å². The lowest BCUT2D eigenvalue weighted by Crippen LogP contribution is -2.54. The standard InChI is InChI=1S/C22H23Cl2FN4O5/c1-11(26-20(31)19(23)24)21(32)28-6-4-27(5-7-28)17-9-16-13(8-15(17)25)18(30)14(22(33)34)10-29(16)12-2-3-12/h8-12,19H,2-7H2,1H3,(H,26,31)(H,33,34)/t11-/m1/s1. The molecule has 9 nitrogen and oxygen atoms in total. The summed E-state index contributed by atoms with van der Waals surface area (Å²) in [5.41, 5.74) is -0.327. The predicted octanol–water partition coefficient (Wildman–Crippen LogP) is 2.13. The fourth-order valence-electron chi connectivity index (χ4n) is 4.19. The van der Waals surface area contributed by atoms with Gasteiger partial charge in [0.2, 0.25) is 11.3 Å². The van der Waals surface area contributed by atoms with Crippen LogP contribution in [0.3, 0.4) is 0 Å². The predicted molar refractivity (Wildman–Crippen MR) is 125 cm³/mol. The number of carbonyl (C=O) groups excluding carboxylic acids is 2. The Morgan fingerprint density at radius 1 is 1.15 bits per heavy atom. The van der Waals surface area contributed by atoms with Gasteiger partial charge in [0.05, 0.1) is 11.2 Å². The van der Waals surface area contributed by atoms with Gasteiger partial charge in [-0.15, -0.1) is 0 Å². The van der Waals surface area contributed by atoms with Crippen molar-refractivity contribution < 1.29 is 23.9 Å². The molecule has 2 N–H and O–H groups in total. The first kappa shape index (κ1) is 24.3. The zero-order chi connectivity index (χ0) is 24.7. The van der Waals surface area contributed by atoms with E-state index in [4.69, 9.17) is 23.2 Å². The lowest BCUT2D eigenvalue weighted by Gasteiger charge is -2.37. The molecule has 12 heteroatoms. The van der Waals surface area contributed by atoms with Crippen LogP contribution in [0.25, 0.3) is 10.9 Å². The van der Waals surface area contributed by atoms with Gasteiger partial charge in [0.25, 0.3) is 5.91 Å². The van der Waals surface area contributed by atoms with Crippen molar-refractivity contribution >= 4 is 57.6 Å². The lowest BCUT2D eigenvalue weighted by molar-refractivity contribution is -0.135. The number of alkyl halides is 2. The van der Waals surface area contributed by atoms with Gasteiger partial charge >= 0.3 is 5.97 Å². The van der Waals surface area contributed by atoms with Gasteiger partial charge in [0.15, 0.2) is 4.84 Å². The summed E-state index contributed by atoms with van der Waals surface area (Å²) >= 11 is 11.0. The summed E-state index contributed by atoms with van der Waals surface area (Å²) in [7, 11) is 0. The molecular formula is C22H23Cl2FN4O5. The second kappa shape index (κ2) is 9.42. The molecule has 0 spiro atoms. The summed E-state index contributed by atoms with van der Waals surface area (Å²) in [5.74, 6) is -2.94. The fourth-order valence-corrected chi connectivity index (χ4v) is 4.31. The lowest BCUT2D eigenvalue weighted by atomic mass is 10.1. The maximum absolute atomic E-state index is 15.1. The Balaban J connectivity index is 1.56. The molecule has 1 aromatic heterocycles. The molecule has 0 bridgehead atoms. The van der Waals surface area contributed by atoms with Crippen molar-refractivity contribution in [2.75, 3.05) is 31.1 Å². The van der Waals surface area contributed by atoms with E-state index in [0.717, 1.165) is 18.9 Å². The minimum atomic E-state index is -1.34. The molecule has 1 saturated carbocycles. The van der Waals surface area contributed by atoms with E-state index in [1.54, 1.807) is 20.4 Å². The number of hydrogen-bond acceptors (Lipinski definition) is 5. The Labute approximate surface area is 204 Å². The number of amides is 2. The third-order valence-corrected chi connectivity index (χ3v) is 6.53. The molecule has 1 aliphatic heterocycles. The van der Waals surface area contributed by atoms with Crippen molar-refractivity contribution in [3.05, 3.63) is 39.9 Å². The van der Waals surface area contributed by atoms with E-state index in [1.807, 2.05) is 0 Å². The van der Waals surface area contributed by atoms with Gasteiger partial charge in [-0.25, -0.2) is 9.18 Å². The van der Waals surface area contributed by atoms with E-state index >= 15 is 4.39 Å². The van der Waals surface area contributed by atoms with Crippen molar-refractivity contribution in [1.82, 2.24) is 14.8 Å². The van der Waals surface area contributed by atoms with Gasteiger partial charge in [0.1, 0.15) is 17.4 Å². The minimum Gasteiger partial charge on any atom is -0.477 e. The molecule has 1 saturated heterocycles. The number of carbonyl (C=O) groups is 3. The van der Waals surface area contributed by atoms with Crippen molar-refractivity contribution in [1.29, 1.82) is 0 Å². The minimum absolute atomic E-state index is 0.0308. The number of halogens is 3. The molecule has 2 aliphatic rings. The number of anilines is 1. The molecule has 4 rings (SSSR count). The zero-order valence-electron chi connectivity index (χ0n) is 18.3. The van der Waals surface area contributed by atoms with E-state index in [2.05, 4.69) is 5.32 Å². The number of carboxylic acid groups (broad SMARTS) is 1. The van der Waals surface area contributed by atoms with Crippen LogP contribution in [-0.4, -0.2) is 69.4 Å². The Hall–Kier alpha value is -2.85. The highest BCUT2D eigenvalue weighted by atomic mass is 35.5. The third kappa shape index (κ3) is 4.69. The fraction of sp³-hybridized carbons (Fsp3) is 0.455. The van der Waals surface area contributed by atoms with Gasteiger partial charge in [0, 0.05) is 43.8 Å². The first-order chi connectivity index (χ1) is 16.1.